The van der Waals surface area contributed by atoms with Crippen LogP contribution in [0.4, 0.5) is 5.00 Å². The third-order valence-corrected chi connectivity index (χ3v) is 4.16. The summed E-state index contributed by atoms with van der Waals surface area (Å²) < 4.78 is 0. The lowest BCUT2D eigenvalue weighted by atomic mass is 10.0. The molecule has 1 fully saturated rings. The summed E-state index contributed by atoms with van der Waals surface area (Å²) in [6.07, 6.45) is 3.13. The Hall–Kier alpha value is -1.07. The van der Waals surface area contributed by atoms with Crippen LogP contribution in [0.2, 0.25) is 0 Å². The average molecular weight is 237 g/mol. The second kappa shape index (κ2) is 3.75. The Bertz CT molecular complexity index is 437. The summed E-state index contributed by atoms with van der Waals surface area (Å²) in [6.45, 7) is 1.79. The van der Waals surface area contributed by atoms with Gasteiger partial charge in [0.15, 0.2) is 0 Å². The number of nitrogens with one attached hydrogen (secondary N) is 2. The minimum Gasteiger partial charge on any atom is -0.390 e. The maximum atomic E-state index is 12.0. The summed E-state index contributed by atoms with van der Waals surface area (Å²) in [6, 6.07) is 0.393. The molecule has 1 aliphatic carbocycles. The number of nitrogens with two attached hydrogens (primary N) is 1. The van der Waals surface area contributed by atoms with E-state index in [4.69, 9.17) is 5.73 Å². The summed E-state index contributed by atoms with van der Waals surface area (Å²) in [5, 5.41) is 6.98. The first-order valence-corrected chi connectivity index (χ1v) is 6.49. The topological polar surface area (TPSA) is 67.2 Å². The van der Waals surface area contributed by atoms with Crippen LogP contribution in [-0.4, -0.2) is 18.5 Å². The third kappa shape index (κ3) is 1.70. The van der Waals surface area contributed by atoms with Gasteiger partial charge in [-0.15, -0.1) is 11.3 Å². The molecule has 1 amide bonds. The highest BCUT2D eigenvalue weighted by Crippen LogP contribution is 2.33. The zero-order valence-corrected chi connectivity index (χ0v) is 9.82. The van der Waals surface area contributed by atoms with Gasteiger partial charge in [-0.05, 0) is 31.4 Å². The van der Waals surface area contributed by atoms with Crippen molar-refractivity contribution in [1.29, 1.82) is 0 Å². The first kappa shape index (κ1) is 10.1. The lowest BCUT2D eigenvalue weighted by Crippen LogP contribution is -2.29. The van der Waals surface area contributed by atoms with E-state index in [0.717, 1.165) is 37.9 Å². The van der Waals surface area contributed by atoms with Crippen molar-refractivity contribution in [1.82, 2.24) is 10.6 Å². The number of hydrogen-bond donors (Lipinski definition) is 3. The normalized spacial score (nSPS) is 19.2. The van der Waals surface area contributed by atoms with Gasteiger partial charge in [-0.3, -0.25) is 4.79 Å². The predicted octanol–water partition coefficient (Wildman–Crippen LogP) is 0.868. The number of carbonyl (C=O) groups is 1. The van der Waals surface area contributed by atoms with E-state index in [1.54, 1.807) is 11.3 Å². The Morgan fingerprint density at radius 2 is 2.31 bits per heavy atom. The van der Waals surface area contributed by atoms with Crippen LogP contribution in [0.3, 0.4) is 0 Å². The Morgan fingerprint density at radius 3 is 3.06 bits per heavy atom. The summed E-state index contributed by atoms with van der Waals surface area (Å²) >= 11 is 1.55. The molecule has 1 aliphatic heterocycles. The van der Waals surface area contributed by atoms with Gasteiger partial charge in [0.05, 0.1) is 10.6 Å². The van der Waals surface area contributed by atoms with Crippen LogP contribution in [0, 0.1) is 0 Å². The third-order valence-electron chi connectivity index (χ3n) is 3.09. The van der Waals surface area contributed by atoms with Gasteiger partial charge in [-0.1, -0.05) is 0 Å². The number of anilines is 1. The fourth-order valence-corrected chi connectivity index (χ4v) is 3.18. The lowest BCUT2D eigenvalue weighted by molar-refractivity contribution is 0.0951. The molecule has 1 saturated carbocycles. The molecule has 2 aliphatic rings. The molecule has 0 spiro atoms. The SMILES string of the molecule is Nc1sc2c(c1C(=O)NC1CC1)CCNC2. The zero-order chi connectivity index (χ0) is 11.1. The molecular formula is C11H15N3OS. The van der Waals surface area contributed by atoms with E-state index in [-0.39, 0.29) is 5.91 Å². The smallest absolute Gasteiger partial charge is 0.254 e. The van der Waals surface area contributed by atoms with E-state index in [1.165, 1.54) is 10.4 Å². The molecule has 1 aromatic heterocycles. The predicted molar refractivity (Wildman–Crippen MR) is 64.6 cm³/mol. The molecule has 0 saturated heterocycles. The van der Waals surface area contributed by atoms with Gasteiger partial charge >= 0.3 is 0 Å². The largest absolute Gasteiger partial charge is 0.390 e. The summed E-state index contributed by atoms with van der Waals surface area (Å²) in [5.41, 5.74) is 7.86. The molecule has 3 rings (SSSR count). The summed E-state index contributed by atoms with van der Waals surface area (Å²) in [5.74, 6) is 0.0272. The Balaban J connectivity index is 1.91. The number of carbonyl (C=O) groups excluding carboxylic acids is 1. The van der Waals surface area contributed by atoms with E-state index in [2.05, 4.69) is 10.6 Å². The number of nitrogen functional groups attached to an aromatic ring is 1. The van der Waals surface area contributed by atoms with Crippen LogP contribution in [0.25, 0.3) is 0 Å². The molecule has 0 unspecified atom stereocenters. The van der Waals surface area contributed by atoms with Crippen molar-refractivity contribution in [2.45, 2.75) is 31.8 Å². The lowest BCUT2D eigenvalue weighted by Gasteiger charge is -2.13. The highest BCUT2D eigenvalue weighted by Gasteiger charge is 2.28. The van der Waals surface area contributed by atoms with E-state index < -0.39 is 0 Å². The van der Waals surface area contributed by atoms with Crippen molar-refractivity contribution in [3.8, 4) is 0 Å². The molecular weight excluding hydrogens is 222 g/mol. The first-order valence-electron chi connectivity index (χ1n) is 5.67. The molecule has 0 atom stereocenters. The van der Waals surface area contributed by atoms with Gasteiger partial charge in [0.25, 0.3) is 5.91 Å². The van der Waals surface area contributed by atoms with Gasteiger partial charge in [0, 0.05) is 17.5 Å². The van der Waals surface area contributed by atoms with Gasteiger partial charge in [-0.25, -0.2) is 0 Å². The minimum absolute atomic E-state index is 0.0272. The highest BCUT2D eigenvalue weighted by atomic mass is 32.1. The second-order valence-corrected chi connectivity index (χ2v) is 5.55. The van der Waals surface area contributed by atoms with Crippen molar-refractivity contribution >= 4 is 22.2 Å². The van der Waals surface area contributed by atoms with Crippen LogP contribution in [0.15, 0.2) is 0 Å². The fraction of sp³-hybridized carbons (Fsp3) is 0.545. The van der Waals surface area contributed by atoms with Crippen molar-refractivity contribution in [3.63, 3.8) is 0 Å². The van der Waals surface area contributed by atoms with Crippen molar-refractivity contribution in [3.05, 3.63) is 16.0 Å². The Morgan fingerprint density at radius 1 is 1.50 bits per heavy atom. The number of rotatable bonds is 2. The van der Waals surface area contributed by atoms with Gasteiger partial charge in [0.1, 0.15) is 0 Å². The van der Waals surface area contributed by atoms with Gasteiger partial charge in [-0.2, -0.15) is 0 Å². The number of fused-ring (bicyclic) bond motifs is 1. The standard InChI is InChI=1S/C11H15N3OS/c12-10-9(11(15)14-6-1-2-6)7-3-4-13-5-8(7)16-10/h6,13H,1-5,12H2,(H,14,15). The second-order valence-electron chi connectivity index (χ2n) is 4.42. The van der Waals surface area contributed by atoms with Gasteiger partial charge in [0.2, 0.25) is 0 Å². The molecule has 0 aromatic carbocycles. The van der Waals surface area contributed by atoms with Crippen molar-refractivity contribution in [2.24, 2.45) is 0 Å². The summed E-state index contributed by atoms with van der Waals surface area (Å²) in [7, 11) is 0. The van der Waals surface area contributed by atoms with E-state index >= 15 is 0 Å². The molecule has 1 aromatic rings. The Labute approximate surface area is 98.2 Å². The number of thiophene rings is 1. The molecule has 2 heterocycles. The molecule has 0 bridgehead atoms. The zero-order valence-electron chi connectivity index (χ0n) is 9.01. The molecule has 0 radical (unpaired) electrons. The number of hydrogen-bond acceptors (Lipinski definition) is 4. The first-order chi connectivity index (χ1) is 7.75. The van der Waals surface area contributed by atoms with Gasteiger partial charge < -0.3 is 16.4 Å². The van der Waals surface area contributed by atoms with Crippen molar-refractivity contribution in [2.75, 3.05) is 12.3 Å². The van der Waals surface area contributed by atoms with E-state index in [9.17, 15) is 4.79 Å². The highest BCUT2D eigenvalue weighted by molar-refractivity contribution is 7.16. The van der Waals surface area contributed by atoms with Crippen LogP contribution in [0.1, 0.15) is 33.6 Å². The van der Waals surface area contributed by atoms with Crippen LogP contribution < -0.4 is 16.4 Å². The Kier molecular flexibility index (Phi) is 2.37. The minimum atomic E-state index is 0.0272. The molecule has 86 valence electrons. The van der Waals surface area contributed by atoms with E-state index in [1.807, 2.05) is 0 Å². The van der Waals surface area contributed by atoms with Crippen LogP contribution in [-0.2, 0) is 13.0 Å². The van der Waals surface area contributed by atoms with Crippen LogP contribution in [0.5, 0.6) is 0 Å². The van der Waals surface area contributed by atoms with E-state index in [0.29, 0.717) is 11.0 Å². The monoisotopic (exact) mass is 237 g/mol. The molecule has 4 nitrogen and oxygen atoms in total. The fourth-order valence-electron chi connectivity index (χ4n) is 2.09. The maximum absolute atomic E-state index is 12.0. The van der Waals surface area contributed by atoms with Crippen molar-refractivity contribution < 1.29 is 4.79 Å². The average Bonchev–Trinajstić information content (AvgIpc) is 2.98. The molecule has 16 heavy (non-hydrogen) atoms. The maximum Gasteiger partial charge on any atom is 0.254 e. The quantitative estimate of drug-likeness (QED) is 0.715. The summed E-state index contributed by atoms with van der Waals surface area (Å²) in [4.78, 5) is 13.3. The molecule has 4 N–H and O–H groups in total. The number of amides is 1. The van der Waals surface area contributed by atoms with Crippen LogP contribution >= 0.6 is 11.3 Å². The molecule has 5 heteroatoms.